The lowest BCUT2D eigenvalue weighted by atomic mass is 9.72. The van der Waals surface area contributed by atoms with E-state index in [4.69, 9.17) is 14.5 Å². The Morgan fingerprint density at radius 2 is 1.75 bits per heavy atom. The van der Waals surface area contributed by atoms with Crippen molar-refractivity contribution in [3.8, 4) is 5.75 Å². The van der Waals surface area contributed by atoms with Crippen LogP contribution in [-0.4, -0.2) is 29.2 Å². The first-order valence-electron chi connectivity index (χ1n) is 12.0. The molecule has 3 rings (SSSR count). The van der Waals surface area contributed by atoms with Crippen LogP contribution in [0.5, 0.6) is 5.75 Å². The van der Waals surface area contributed by atoms with Crippen LogP contribution in [-0.2, 0) is 16.1 Å². The number of carbonyl (C=O) groups is 1. The summed E-state index contributed by atoms with van der Waals surface area (Å²) in [5, 5.41) is 4.36. The van der Waals surface area contributed by atoms with Gasteiger partial charge in [0.25, 0.3) is 0 Å². The Kier molecular flexibility index (Phi) is 7.81. The van der Waals surface area contributed by atoms with E-state index >= 15 is 0 Å². The van der Waals surface area contributed by atoms with Gasteiger partial charge in [0.2, 0.25) is 0 Å². The molecule has 0 saturated heterocycles. The average Bonchev–Trinajstić information content (AvgIpc) is 2.70. The van der Waals surface area contributed by atoms with Crippen molar-refractivity contribution in [2.24, 2.45) is 11.3 Å². The Morgan fingerprint density at radius 1 is 1.03 bits per heavy atom. The fourth-order valence-electron chi connectivity index (χ4n) is 4.36. The molecule has 1 heterocycles. The predicted octanol–water partition coefficient (Wildman–Crippen LogP) is 6.04. The van der Waals surface area contributed by atoms with E-state index in [0.717, 1.165) is 41.1 Å². The third kappa shape index (κ3) is 7.47. The zero-order valence-electron chi connectivity index (χ0n) is 20.7. The standard InChI is InChI=1S/C27H40N2O3/c1-26(2,3)20-8-11-22(12-9-20)31-23-13-14-24-19(17-23)7-10-21(29-24)18-28-16-15-25(30)32-27(4,5)6/h7,10,13-14,17,20,22,28H,8-9,11-12,15-16,18H2,1-6H3. The van der Waals surface area contributed by atoms with E-state index in [2.05, 4.69) is 38.2 Å². The maximum Gasteiger partial charge on any atom is 0.307 e. The van der Waals surface area contributed by atoms with Gasteiger partial charge in [0, 0.05) is 18.5 Å². The number of carbonyl (C=O) groups excluding carboxylic acids is 1. The van der Waals surface area contributed by atoms with E-state index in [0.29, 0.717) is 31.0 Å². The fourth-order valence-corrected chi connectivity index (χ4v) is 4.36. The van der Waals surface area contributed by atoms with Gasteiger partial charge in [-0.15, -0.1) is 0 Å². The molecule has 1 fully saturated rings. The number of aromatic nitrogens is 1. The quantitative estimate of drug-likeness (QED) is 0.420. The number of nitrogens with one attached hydrogen (secondary N) is 1. The number of hydrogen-bond donors (Lipinski definition) is 1. The van der Waals surface area contributed by atoms with Crippen molar-refractivity contribution in [1.29, 1.82) is 0 Å². The van der Waals surface area contributed by atoms with Crippen molar-refractivity contribution >= 4 is 16.9 Å². The second-order valence-electron chi connectivity index (χ2n) is 11.1. The molecule has 1 N–H and O–H groups in total. The van der Waals surface area contributed by atoms with Crippen molar-refractivity contribution in [3.63, 3.8) is 0 Å². The molecule has 2 aromatic rings. The molecule has 0 aliphatic heterocycles. The fraction of sp³-hybridized carbons (Fsp3) is 0.630. The van der Waals surface area contributed by atoms with Gasteiger partial charge >= 0.3 is 5.97 Å². The van der Waals surface area contributed by atoms with Crippen LogP contribution < -0.4 is 10.1 Å². The third-order valence-electron chi connectivity index (χ3n) is 6.15. The smallest absolute Gasteiger partial charge is 0.307 e. The largest absolute Gasteiger partial charge is 0.490 e. The van der Waals surface area contributed by atoms with E-state index in [1.165, 1.54) is 12.8 Å². The topological polar surface area (TPSA) is 60.5 Å². The summed E-state index contributed by atoms with van der Waals surface area (Å²) in [5.74, 6) is 1.54. The molecule has 1 saturated carbocycles. The Morgan fingerprint density at radius 3 is 2.41 bits per heavy atom. The number of benzene rings is 1. The molecule has 5 nitrogen and oxygen atoms in total. The minimum atomic E-state index is -0.439. The minimum Gasteiger partial charge on any atom is -0.490 e. The molecule has 0 radical (unpaired) electrons. The SMILES string of the molecule is CC(C)(C)OC(=O)CCNCc1ccc2cc(OC3CCC(C(C)(C)C)CC3)ccc2n1. The van der Waals surface area contributed by atoms with Gasteiger partial charge in [-0.3, -0.25) is 9.78 Å². The lowest BCUT2D eigenvalue weighted by molar-refractivity contribution is -0.154. The van der Waals surface area contributed by atoms with Crippen LogP contribution in [0.15, 0.2) is 30.3 Å². The van der Waals surface area contributed by atoms with Gasteiger partial charge in [0.1, 0.15) is 11.4 Å². The predicted molar refractivity (Wildman–Crippen MR) is 130 cm³/mol. The van der Waals surface area contributed by atoms with Crippen molar-refractivity contribution in [2.75, 3.05) is 6.54 Å². The first-order valence-corrected chi connectivity index (χ1v) is 12.0. The molecule has 0 atom stereocenters. The zero-order valence-corrected chi connectivity index (χ0v) is 20.7. The van der Waals surface area contributed by atoms with Crippen molar-refractivity contribution in [1.82, 2.24) is 10.3 Å². The normalized spacial score (nSPS) is 19.7. The first-order chi connectivity index (χ1) is 15.0. The summed E-state index contributed by atoms with van der Waals surface area (Å²) in [6.07, 6.45) is 5.41. The van der Waals surface area contributed by atoms with E-state index in [1.807, 2.05) is 39.0 Å². The maximum absolute atomic E-state index is 11.8. The molecule has 0 unspecified atom stereocenters. The number of hydrogen-bond acceptors (Lipinski definition) is 5. The number of nitrogens with zero attached hydrogens (tertiary/aromatic N) is 1. The van der Waals surface area contributed by atoms with Crippen LogP contribution in [0.1, 0.15) is 79.3 Å². The summed E-state index contributed by atoms with van der Waals surface area (Å²) in [5.41, 5.74) is 1.86. The van der Waals surface area contributed by atoms with Crippen LogP contribution in [0, 0.1) is 11.3 Å². The Hall–Kier alpha value is -2.14. The molecule has 0 spiro atoms. The lowest BCUT2D eigenvalue weighted by Crippen LogP contribution is -2.30. The Balaban J connectivity index is 1.48. The van der Waals surface area contributed by atoms with E-state index in [-0.39, 0.29) is 5.97 Å². The molecule has 1 aromatic heterocycles. The van der Waals surface area contributed by atoms with Gasteiger partial charge in [0.15, 0.2) is 0 Å². The van der Waals surface area contributed by atoms with Crippen molar-refractivity contribution < 1.29 is 14.3 Å². The highest BCUT2D eigenvalue weighted by Gasteiger charge is 2.30. The second-order valence-corrected chi connectivity index (χ2v) is 11.1. The molecular weight excluding hydrogens is 400 g/mol. The second kappa shape index (κ2) is 10.2. The Labute approximate surface area is 193 Å². The number of ether oxygens (including phenoxy) is 2. The van der Waals surface area contributed by atoms with E-state index in [9.17, 15) is 4.79 Å². The maximum atomic E-state index is 11.8. The molecule has 5 heteroatoms. The molecule has 1 aromatic carbocycles. The third-order valence-corrected chi connectivity index (χ3v) is 6.15. The van der Waals surface area contributed by atoms with Crippen LogP contribution in [0.2, 0.25) is 0 Å². The summed E-state index contributed by atoms with van der Waals surface area (Å²) in [6.45, 7) is 13.9. The summed E-state index contributed by atoms with van der Waals surface area (Å²) in [4.78, 5) is 16.5. The number of pyridine rings is 1. The lowest BCUT2D eigenvalue weighted by Gasteiger charge is -2.36. The monoisotopic (exact) mass is 440 g/mol. The first kappa shape index (κ1) is 24.5. The van der Waals surface area contributed by atoms with E-state index in [1.54, 1.807) is 0 Å². The molecule has 0 amide bonds. The summed E-state index contributed by atoms with van der Waals surface area (Å²) in [6, 6.07) is 10.3. The number of rotatable bonds is 7. The molecule has 1 aliphatic rings. The van der Waals surface area contributed by atoms with Gasteiger partial charge in [-0.1, -0.05) is 26.8 Å². The van der Waals surface area contributed by atoms with Gasteiger partial charge in [-0.25, -0.2) is 0 Å². The number of fused-ring (bicyclic) bond motifs is 1. The molecular formula is C27H40N2O3. The van der Waals surface area contributed by atoms with Crippen LogP contribution in [0.25, 0.3) is 10.9 Å². The average molecular weight is 441 g/mol. The van der Waals surface area contributed by atoms with Crippen LogP contribution in [0.4, 0.5) is 0 Å². The van der Waals surface area contributed by atoms with Crippen LogP contribution >= 0.6 is 0 Å². The highest BCUT2D eigenvalue weighted by atomic mass is 16.6. The summed E-state index contributed by atoms with van der Waals surface area (Å²) in [7, 11) is 0. The zero-order chi connectivity index (χ0) is 23.4. The van der Waals surface area contributed by atoms with E-state index < -0.39 is 5.60 Å². The molecule has 1 aliphatic carbocycles. The molecule has 32 heavy (non-hydrogen) atoms. The number of esters is 1. The van der Waals surface area contributed by atoms with Crippen molar-refractivity contribution in [2.45, 2.75) is 91.9 Å². The highest BCUT2D eigenvalue weighted by Crippen LogP contribution is 2.38. The Bertz CT molecular complexity index is 903. The highest BCUT2D eigenvalue weighted by molar-refractivity contribution is 5.80. The summed E-state index contributed by atoms with van der Waals surface area (Å²) >= 11 is 0. The van der Waals surface area contributed by atoms with Gasteiger partial charge in [-0.2, -0.15) is 0 Å². The molecule has 176 valence electrons. The van der Waals surface area contributed by atoms with Gasteiger partial charge in [0.05, 0.1) is 23.7 Å². The minimum absolute atomic E-state index is 0.184. The molecule has 0 bridgehead atoms. The van der Waals surface area contributed by atoms with Gasteiger partial charge < -0.3 is 14.8 Å². The van der Waals surface area contributed by atoms with Crippen LogP contribution in [0.3, 0.4) is 0 Å². The summed E-state index contributed by atoms with van der Waals surface area (Å²) < 4.78 is 11.6. The van der Waals surface area contributed by atoms with Gasteiger partial charge in [-0.05, 0) is 82.1 Å². The van der Waals surface area contributed by atoms with Crippen molar-refractivity contribution in [3.05, 3.63) is 36.0 Å².